The van der Waals surface area contributed by atoms with Gasteiger partial charge < -0.3 is 9.67 Å². The van der Waals surface area contributed by atoms with Crippen molar-refractivity contribution in [2.45, 2.75) is 32.6 Å². The van der Waals surface area contributed by atoms with E-state index in [1.54, 1.807) is 0 Å². The van der Waals surface area contributed by atoms with Crippen LogP contribution in [0.3, 0.4) is 0 Å². The van der Waals surface area contributed by atoms with E-state index >= 15 is 0 Å². The van der Waals surface area contributed by atoms with E-state index < -0.39 is 5.97 Å². The van der Waals surface area contributed by atoms with Gasteiger partial charge in [-0.1, -0.05) is 25.1 Å². The fourth-order valence-corrected chi connectivity index (χ4v) is 3.41. The van der Waals surface area contributed by atoms with Crippen LogP contribution >= 0.6 is 0 Å². The number of hydrogen-bond donors (Lipinski definition) is 1. The summed E-state index contributed by atoms with van der Waals surface area (Å²) in [7, 11) is 2.07. The van der Waals surface area contributed by atoms with Crippen molar-refractivity contribution in [2.75, 3.05) is 0 Å². The molecule has 1 N–H and O–H groups in total. The zero-order valence-electron chi connectivity index (χ0n) is 11.4. The lowest BCUT2D eigenvalue weighted by molar-refractivity contribution is -0.142. The minimum absolute atomic E-state index is 0.222. The van der Waals surface area contributed by atoms with Crippen molar-refractivity contribution in [2.24, 2.45) is 13.0 Å². The number of rotatable bonds is 2. The average Bonchev–Trinajstić information content (AvgIpc) is 2.72. The lowest BCUT2D eigenvalue weighted by Gasteiger charge is -2.20. The van der Waals surface area contributed by atoms with Gasteiger partial charge in [-0.25, -0.2) is 0 Å². The number of carbonyl (C=O) groups is 1. The second-order valence-electron chi connectivity index (χ2n) is 5.43. The zero-order chi connectivity index (χ0) is 13.6. The maximum absolute atomic E-state index is 11.2. The number of nitrogens with zero attached hydrogens (tertiary/aromatic N) is 1. The third kappa shape index (κ3) is 1.76. The number of aryl methyl sites for hydroxylation is 3. The van der Waals surface area contributed by atoms with Gasteiger partial charge in [0, 0.05) is 24.5 Å². The van der Waals surface area contributed by atoms with Crippen LogP contribution in [0.1, 0.15) is 30.2 Å². The third-order valence-electron chi connectivity index (χ3n) is 4.45. The van der Waals surface area contributed by atoms with Gasteiger partial charge in [-0.05, 0) is 30.4 Å². The molecule has 0 aliphatic heterocycles. The van der Waals surface area contributed by atoms with Gasteiger partial charge in [0.2, 0.25) is 0 Å². The standard InChI is InChI=1S/C16H19NO2/c1-3-10-5-4-6-13-12-8-7-11(16(18)19)9-14(12)17(2)15(10)13/h4-6,11H,3,7-9H2,1-2H3,(H,18,19). The number of hydrogen-bond acceptors (Lipinski definition) is 1. The van der Waals surface area contributed by atoms with Crippen molar-refractivity contribution < 1.29 is 9.90 Å². The van der Waals surface area contributed by atoms with Crippen molar-refractivity contribution in [3.05, 3.63) is 35.0 Å². The normalized spacial score (nSPS) is 18.5. The van der Waals surface area contributed by atoms with E-state index in [1.807, 2.05) is 0 Å². The Kier molecular flexibility index (Phi) is 2.85. The Morgan fingerprint density at radius 1 is 1.47 bits per heavy atom. The first-order valence-electron chi connectivity index (χ1n) is 6.94. The molecular formula is C16H19NO2. The van der Waals surface area contributed by atoms with Crippen LogP contribution in [0, 0.1) is 5.92 Å². The van der Waals surface area contributed by atoms with Crippen LogP contribution in [0.4, 0.5) is 0 Å². The van der Waals surface area contributed by atoms with Gasteiger partial charge in [-0.3, -0.25) is 4.79 Å². The molecule has 0 radical (unpaired) electrons. The first kappa shape index (κ1) is 12.3. The fraction of sp³-hybridized carbons (Fsp3) is 0.438. The lowest BCUT2D eigenvalue weighted by Crippen LogP contribution is -2.23. The Labute approximate surface area is 112 Å². The molecule has 0 saturated carbocycles. The average molecular weight is 257 g/mol. The van der Waals surface area contributed by atoms with Gasteiger partial charge in [0.25, 0.3) is 0 Å². The molecule has 3 rings (SSSR count). The highest BCUT2D eigenvalue weighted by molar-refractivity contribution is 5.89. The van der Waals surface area contributed by atoms with Gasteiger partial charge in [0.05, 0.1) is 11.4 Å². The molecule has 100 valence electrons. The van der Waals surface area contributed by atoms with Crippen LogP contribution in [0.25, 0.3) is 10.9 Å². The number of carboxylic acids is 1. The summed E-state index contributed by atoms with van der Waals surface area (Å²) in [5.41, 5.74) is 5.22. The number of fused-ring (bicyclic) bond motifs is 3. The second-order valence-corrected chi connectivity index (χ2v) is 5.43. The molecule has 1 aromatic heterocycles. The highest BCUT2D eigenvalue weighted by Gasteiger charge is 2.28. The molecule has 0 saturated heterocycles. The first-order chi connectivity index (χ1) is 9.13. The number of aliphatic carboxylic acids is 1. The van der Waals surface area contributed by atoms with Crippen LogP contribution in [0.2, 0.25) is 0 Å². The molecular weight excluding hydrogens is 238 g/mol. The van der Waals surface area contributed by atoms with E-state index in [1.165, 1.54) is 27.7 Å². The molecule has 3 nitrogen and oxygen atoms in total. The number of benzene rings is 1. The summed E-state index contributed by atoms with van der Waals surface area (Å²) in [5, 5.41) is 10.5. The maximum Gasteiger partial charge on any atom is 0.306 e. The summed E-state index contributed by atoms with van der Waals surface area (Å²) in [5.74, 6) is -0.882. The Morgan fingerprint density at radius 3 is 2.95 bits per heavy atom. The number of aromatic nitrogens is 1. The Hall–Kier alpha value is -1.77. The molecule has 0 spiro atoms. The predicted octanol–water partition coefficient (Wildman–Crippen LogP) is 2.93. The van der Waals surface area contributed by atoms with Crippen molar-refractivity contribution in [1.29, 1.82) is 0 Å². The summed E-state index contributed by atoms with van der Waals surface area (Å²) in [6.07, 6.45) is 3.32. The van der Waals surface area contributed by atoms with Crippen molar-refractivity contribution >= 4 is 16.9 Å². The lowest BCUT2D eigenvalue weighted by atomic mass is 9.87. The van der Waals surface area contributed by atoms with Gasteiger partial charge in [0.15, 0.2) is 0 Å². The predicted molar refractivity (Wildman–Crippen MR) is 75.4 cm³/mol. The summed E-state index contributed by atoms with van der Waals surface area (Å²) in [6, 6.07) is 6.46. The molecule has 2 aromatic rings. The molecule has 1 heterocycles. The van der Waals surface area contributed by atoms with Gasteiger partial charge >= 0.3 is 5.97 Å². The maximum atomic E-state index is 11.2. The highest BCUT2D eigenvalue weighted by atomic mass is 16.4. The minimum atomic E-state index is -0.661. The highest BCUT2D eigenvalue weighted by Crippen LogP contribution is 2.35. The molecule has 1 atom stereocenters. The Balaban J connectivity index is 2.21. The third-order valence-corrected chi connectivity index (χ3v) is 4.45. The van der Waals surface area contributed by atoms with Gasteiger partial charge in [0.1, 0.15) is 0 Å². The van der Waals surface area contributed by atoms with Crippen LogP contribution in [-0.4, -0.2) is 15.6 Å². The SMILES string of the molecule is CCc1cccc2c3c(n(C)c12)CC(C(=O)O)CC3. The van der Waals surface area contributed by atoms with Crippen LogP contribution in [0.5, 0.6) is 0 Å². The summed E-state index contributed by atoms with van der Waals surface area (Å²) in [6.45, 7) is 2.17. The topological polar surface area (TPSA) is 42.2 Å². The quantitative estimate of drug-likeness (QED) is 0.898. The molecule has 0 fully saturated rings. The molecule has 3 heteroatoms. The van der Waals surface area contributed by atoms with E-state index in [9.17, 15) is 9.90 Å². The van der Waals surface area contributed by atoms with Crippen LogP contribution < -0.4 is 0 Å². The Morgan fingerprint density at radius 2 is 2.26 bits per heavy atom. The van der Waals surface area contributed by atoms with E-state index in [0.717, 1.165) is 19.3 Å². The zero-order valence-corrected chi connectivity index (χ0v) is 11.4. The molecule has 1 aromatic carbocycles. The minimum Gasteiger partial charge on any atom is -0.481 e. The monoisotopic (exact) mass is 257 g/mol. The van der Waals surface area contributed by atoms with Crippen LogP contribution in [0.15, 0.2) is 18.2 Å². The second kappa shape index (κ2) is 4.41. The number of para-hydroxylation sites is 1. The smallest absolute Gasteiger partial charge is 0.306 e. The first-order valence-corrected chi connectivity index (χ1v) is 6.94. The van der Waals surface area contributed by atoms with Gasteiger partial charge in [-0.2, -0.15) is 0 Å². The van der Waals surface area contributed by atoms with Crippen molar-refractivity contribution in [3.8, 4) is 0 Å². The number of carboxylic acid groups (broad SMARTS) is 1. The molecule has 1 aliphatic carbocycles. The molecule has 0 bridgehead atoms. The summed E-state index contributed by atoms with van der Waals surface area (Å²) >= 11 is 0. The van der Waals surface area contributed by atoms with E-state index in [2.05, 4.69) is 36.7 Å². The Bertz CT molecular complexity index is 654. The fourth-order valence-electron chi connectivity index (χ4n) is 3.41. The molecule has 1 unspecified atom stereocenters. The van der Waals surface area contributed by atoms with Crippen molar-refractivity contribution in [3.63, 3.8) is 0 Å². The van der Waals surface area contributed by atoms with Gasteiger partial charge in [-0.15, -0.1) is 0 Å². The molecule has 0 amide bonds. The summed E-state index contributed by atoms with van der Waals surface area (Å²) < 4.78 is 2.22. The van der Waals surface area contributed by atoms with Crippen molar-refractivity contribution in [1.82, 2.24) is 4.57 Å². The van der Waals surface area contributed by atoms with E-state index in [4.69, 9.17) is 0 Å². The van der Waals surface area contributed by atoms with Crippen LogP contribution in [-0.2, 0) is 31.1 Å². The largest absolute Gasteiger partial charge is 0.481 e. The van der Waals surface area contributed by atoms with E-state index in [-0.39, 0.29) is 5.92 Å². The molecule has 1 aliphatic rings. The van der Waals surface area contributed by atoms with E-state index in [0.29, 0.717) is 6.42 Å². The summed E-state index contributed by atoms with van der Waals surface area (Å²) in [4.78, 5) is 11.2. The molecule has 19 heavy (non-hydrogen) atoms.